The number of para-hydroxylation sites is 2. The molecule has 0 amide bonds. The molecule has 2 aromatic heterocycles. The van der Waals surface area contributed by atoms with E-state index in [0.29, 0.717) is 5.52 Å². The average molecular weight is 317 g/mol. The maximum Gasteiger partial charge on any atom is 0.279 e. The minimum Gasteiger partial charge on any atom is -0.306 e. The lowest BCUT2D eigenvalue weighted by molar-refractivity contribution is 0.634. The van der Waals surface area contributed by atoms with Crippen molar-refractivity contribution in [1.82, 2.24) is 14.3 Å². The third kappa shape index (κ3) is 2.31. The van der Waals surface area contributed by atoms with E-state index >= 15 is 0 Å². The Labute approximate surface area is 140 Å². The lowest BCUT2D eigenvalue weighted by Crippen LogP contribution is -2.21. The molecule has 0 atom stereocenters. The average Bonchev–Trinajstić information content (AvgIpc) is 3.08. The van der Waals surface area contributed by atoms with Gasteiger partial charge in [-0.1, -0.05) is 49.7 Å². The summed E-state index contributed by atoms with van der Waals surface area (Å²) in [6.45, 7) is 2.86. The van der Waals surface area contributed by atoms with Gasteiger partial charge in [-0.15, -0.1) is 0 Å². The van der Waals surface area contributed by atoms with Crippen LogP contribution in [0, 0.1) is 0 Å². The number of fused-ring (bicyclic) bond motifs is 3. The molecule has 0 fully saturated rings. The maximum absolute atomic E-state index is 13.0. The summed E-state index contributed by atoms with van der Waals surface area (Å²) in [6, 6.07) is 18.0. The van der Waals surface area contributed by atoms with Gasteiger partial charge in [0.15, 0.2) is 5.52 Å². The first-order chi connectivity index (χ1) is 11.8. The zero-order valence-electron chi connectivity index (χ0n) is 13.6. The summed E-state index contributed by atoms with van der Waals surface area (Å²) < 4.78 is 3.66. The molecule has 4 heteroatoms. The smallest absolute Gasteiger partial charge is 0.279 e. The number of benzene rings is 2. The van der Waals surface area contributed by atoms with Crippen LogP contribution in [0.2, 0.25) is 0 Å². The summed E-state index contributed by atoms with van der Waals surface area (Å²) in [6.07, 6.45) is 3.99. The molecule has 24 heavy (non-hydrogen) atoms. The molecule has 0 radical (unpaired) electrons. The molecule has 0 N–H and O–H groups in total. The highest BCUT2D eigenvalue weighted by atomic mass is 16.1. The molecule has 0 aliphatic heterocycles. The fraction of sp³-hybridized carbons (Fsp3) is 0.200. The van der Waals surface area contributed by atoms with Crippen molar-refractivity contribution in [1.29, 1.82) is 0 Å². The van der Waals surface area contributed by atoms with Crippen molar-refractivity contribution in [2.45, 2.75) is 26.3 Å². The van der Waals surface area contributed by atoms with Crippen LogP contribution in [0.3, 0.4) is 0 Å². The maximum atomic E-state index is 13.0. The van der Waals surface area contributed by atoms with Gasteiger partial charge < -0.3 is 4.57 Å². The summed E-state index contributed by atoms with van der Waals surface area (Å²) in [5.41, 5.74) is 2.47. The first-order valence-electron chi connectivity index (χ1n) is 8.36. The quantitative estimate of drug-likeness (QED) is 0.567. The fourth-order valence-electron chi connectivity index (χ4n) is 3.15. The van der Waals surface area contributed by atoms with E-state index in [4.69, 9.17) is 0 Å². The summed E-state index contributed by atoms with van der Waals surface area (Å²) >= 11 is 0. The predicted octanol–water partition coefficient (Wildman–Crippen LogP) is 4.14. The number of pyridine rings is 1. The van der Waals surface area contributed by atoms with Crippen LogP contribution in [0.15, 0.2) is 65.6 Å². The Morgan fingerprint density at radius 2 is 1.71 bits per heavy atom. The van der Waals surface area contributed by atoms with Gasteiger partial charge in [0.25, 0.3) is 5.56 Å². The summed E-state index contributed by atoms with van der Waals surface area (Å²) in [4.78, 5) is 13.0. The lowest BCUT2D eigenvalue weighted by atomic mass is 10.1. The Morgan fingerprint density at radius 3 is 2.50 bits per heavy atom. The summed E-state index contributed by atoms with van der Waals surface area (Å²) in [5.74, 6) is 0. The molecule has 0 aliphatic carbocycles. The molecule has 0 unspecified atom stereocenters. The highest BCUT2D eigenvalue weighted by Gasteiger charge is 2.14. The molecular formula is C20H19N3O. The highest BCUT2D eigenvalue weighted by Crippen LogP contribution is 2.23. The highest BCUT2D eigenvalue weighted by molar-refractivity contribution is 6.04. The van der Waals surface area contributed by atoms with Gasteiger partial charge in [0.05, 0.1) is 11.2 Å². The number of nitrogens with zero attached hydrogens (tertiary/aromatic N) is 3. The third-order valence-electron chi connectivity index (χ3n) is 4.40. The van der Waals surface area contributed by atoms with Crippen LogP contribution in [-0.4, -0.2) is 14.3 Å². The Morgan fingerprint density at radius 1 is 0.958 bits per heavy atom. The number of aromatic nitrogens is 3. The van der Waals surface area contributed by atoms with Crippen LogP contribution in [0.4, 0.5) is 0 Å². The van der Waals surface area contributed by atoms with E-state index in [1.807, 2.05) is 59.3 Å². The van der Waals surface area contributed by atoms with Crippen LogP contribution < -0.4 is 5.56 Å². The number of hydrogen-bond acceptors (Lipinski definition) is 2. The Bertz CT molecular complexity index is 1060. The molecule has 2 aromatic carbocycles. The van der Waals surface area contributed by atoms with E-state index in [2.05, 4.69) is 18.1 Å². The minimum absolute atomic E-state index is 0.00756. The van der Waals surface area contributed by atoms with Gasteiger partial charge in [0, 0.05) is 23.5 Å². The molecule has 4 nitrogen and oxygen atoms in total. The molecule has 0 saturated heterocycles. The van der Waals surface area contributed by atoms with Crippen LogP contribution in [0.25, 0.3) is 27.5 Å². The molecule has 2 heterocycles. The molecule has 4 rings (SSSR count). The third-order valence-corrected chi connectivity index (χ3v) is 4.40. The van der Waals surface area contributed by atoms with Gasteiger partial charge in [-0.05, 0) is 24.6 Å². The van der Waals surface area contributed by atoms with E-state index in [1.54, 1.807) is 4.68 Å². The van der Waals surface area contributed by atoms with Crippen molar-refractivity contribution >= 4 is 21.8 Å². The van der Waals surface area contributed by atoms with Crippen molar-refractivity contribution < 1.29 is 0 Å². The van der Waals surface area contributed by atoms with E-state index in [9.17, 15) is 4.79 Å². The van der Waals surface area contributed by atoms with E-state index in [-0.39, 0.29) is 5.56 Å². The SMILES string of the molecule is CCCCn1c(=O)c2nn(-c3ccccc3)cc2c2ccccc21. The standard InChI is InChI=1S/C20H19N3O/c1-2-3-13-22-18-12-8-7-11-16(18)17-14-23(21-19(17)20(22)24)15-9-5-4-6-10-15/h4-12,14H,2-3,13H2,1H3. The fourth-order valence-corrected chi connectivity index (χ4v) is 3.15. The largest absolute Gasteiger partial charge is 0.306 e. The number of hydrogen-bond donors (Lipinski definition) is 0. The van der Waals surface area contributed by atoms with Crippen LogP contribution in [-0.2, 0) is 6.54 Å². The van der Waals surface area contributed by atoms with Crippen molar-refractivity contribution in [3.05, 3.63) is 71.1 Å². The topological polar surface area (TPSA) is 39.8 Å². The van der Waals surface area contributed by atoms with Gasteiger partial charge in [-0.25, -0.2) is 4.68 Å². The molecular weight excluding hydrogens is 298 g/mol. The number of unbranched alkanes of at least 4 members (excludes halogenated alkanes) is 1. The molecule has 0 saturated carbocycles. The van der Waals surface area contributed by atoms with Crippen molar-refractivity contribution in [2.75, 3.05) is 0 Å². The van der Waals surface area contributed by atoms with Gasteiger partial charge in [0.1, 0.15) is 0 Å². The van der Waals surface area contributed by atoms with E-state index in [0.717, 1.165) is 41.4 Å². The first kappa shape index (κ1) is 14.7. The molecule has 0 spiro atoms. The molecule has 0 bridgehead atoms. The second-order valence-electron chi connectivity index (χ2n) is 6.00. The molecule has 0 aliphatic rings. The van der Waals surface area contributed by atoms with Crippen LogP contribution >= 0.6 is 0 Å². The zero-order valence-corrected chi connectivity index (χ0v) is 13.6. The summed E-state index contributed by atoms with van der Waals surface area (Å²) in [7, 11) is 0. The van der Waals surface area contributed by atoms with E-state index in [1.165, 1.54) is 0 Å². The Balaban J connectivity index is 2.04. The molecule has 120 valence electrons. The normalized spacial score (nSPS) is 11.4. The lowest BCUT2D eigenvalue weighted by Gasteiger charge is -2.10. The van der Waals surface area contributed by atoms with Crippen molar-refractivity contribution in [3.8, 4) is 5.69 Å². The second kappa shape index (κ2) is 5.96. The van der Waals surface area contributed by atoms with Gasteiger partial charge >= 0.3 is 0 Å². The van der Waals surface area contributed by atoms with Crippen molar-refractivity contribution in [3.63, 3.8) is 0 Å². The minimum atomic E-state index is -0.00756. The van der Waals surface area contributed by atoms with Crippen LogP contribution in [0.1, 0.15) is 19.8 Å². The van der Waals surface area contributed by atoms with Crippen molar-refractivity contribution in [2.24, 2.45) is 0 Å². The predicted molar refractivity (Wildman–Crippen MR) is 97.7 cm³/mol. The Hall–Kier alpha value is -2.88. The first-order valence-corrected chi connectivity index (χ1v) is 8.36. The molecule has 4 aromatic rings. The number of aryl methyl sites for hydroxylation is 1. The zero-order chi connectivity index (χ0) is 16.5. The second-order valence-corrected chi connectivity index (χ2v) is 6.00. The van der Waals surface area contributed by atoms with Gasteiger partial charge in [-0.2, -0.15) is 5.10 Å². The van der Waals surface area contributed by atoms with Gasteiger partial charge in [0.2, 0.25) is 0 Å². The van der Waals surface area contributed by atoms with Crippen LogP contribution in [0.5, 0.6) is 0 Å². The van der Waals surface area contributed by atoms with E-state index < -0.39 is 0 Å². The number of rotatable bonds is 4. The summed E-state index contributed by atoms with van der Waals surface area (Å²) in [5, 5.41) is 6.57. The Kier molecular flexibility index (Phi) is 3.65. The van der Waals surface area contributed by atoms with Gasteiger partial charge in [-0.3, -0.25) is 4.79 Å². The monoisotopic (exact) mass is 317 g/mol.